The lowest BCUT2D eigenvalue weighted by molar-refractivity contribution is -0.119. The molecule has 0 unspecified atom stereocenters. The van der Waals surface area contributed by atoms with Gasteiger partial charge in [0.05, 0.1) is 24.1 Å². The van der Waals surface area contributed by atoms with Crippen molar-refractivity contribution in [3.63, 3.8) is 0 Å². The van der Waals surface area contributed by atoms with Crippen molar-refractivity contribution >= 4 is 17.3 Å². The minimum absolute atomic E-state index is 0.0666. The molecular weight excluding hydrogens is 242 g/mol. The second kappa shape index (κ2) is 5.99. The SMILES string of the molecule is CN1CCN(CC(=O)N(C)c2cncc(N)c2)CC1. The maximum Gasteiger partial charge on any atom is 0.240 e. The standard InChI is InChI=1S/C13H21N5O/c1-16-3-5-18(6-4-16)10-13(19)17(2)12-7-11(14)8-15-9-12/h7-9H,3-6,10,14H2,1-2H3. The Morgan fingerprint density at radius 1 is 1.37 bits per heavy atom. The van der Waals surface area contributed by atoms with E-state index < -0.39 is 0 Å². The van der Waals surface area contributed by atoms with Crippen LogP contribution < -0.4 is 10.6 Å². The number of aromatic nitrogens is 1. The Balaban J connectivity index is 1.92. The van der Waals surface area contributed by atoms with Gasteiger partial charge in [0, 0.05) is 39.4 Å². The van der Waals surface area contributed by atoms with E-state index in [-0.39, 0.29) is 5.91 Å². The molecule has 6 nitrogen and oxygen atoms in total. The normalized spacial score (nSPS) is 17.4. The summed E-state index contributed by atoms with van der Waals surface area (Å²) in [4.78, 5) is 22.3. The highest BCUT2D eigenvalue weighted by Gasteiger charge is 2.19. The maximum atomic E-state index is 12.2. The first kappa shape index (κ1) is 13.8. The van der Waals surface area contributed by atoms with Gasteiger partial charge in [-0.3, -0.25) is 14.7 Å². The molecular formula is C13H21N5O. The minimum Gasteiger partial charge on any atom is -0.397 e. The van der Waals surface area contributed by atoms with Gasteiger partial charge in [-0.05, 0) is 13.1 Å². The van der Waals surface area contributed by atoms with Gasteiger partial charge >= 0.3 is 0 Å². The summed E-state index contributed by atoms with van der Waals surface area (Å²) >= 11 is 0. The van der Waals surface area contributed by atoms with E-state index in [0.29, 0.717) is 12.2 Å². The monoisotopic (exact) mass is 263 g/mol. The second-order valence-corrected chi connectivity index (χ2v) is 5.01. The van der Waals surface area contributed by atoms with Gasteiger partial charge in [0.1, 0.15) is 0 Å². The third-order valence-electron chi connectivity index (χ3n) is 3.46. The topological polar surface area (TPSA) is 65.7 Å². The predicted molar refractivity (Wildman–Crippen MR) is 76.0 cm³/mol. The summed E-state index contributed by atoms with van der Waals surface area (Å²) in [5.41, 5.74) is 6.98. The van der Waals surface area contributed by atoms with Crippen molar-refractivity contribution in [1.82, 2.24) is 14.8 Å². The van der Waals surface area contributed by atoms with Crippen molar-refractivity contribution in [3.8, 4) is 0 Å². The van der Waals surface area contributed by atoms with Crippen molar-refractivity contribution in [1.29, 1.82) is 0 Å². The van der Waals surface area contributed by atoms with Crippen LogP contribution in [0.5, 0.6) is 0 Å². The van der Waals surface area contributed by atoms with Crippen molar-refractivity contribution in [2.24, 2.45) is 0 Å². The molecule has 2 rings (SSSR count). The Labute approximate surface area is 113 Å². The molecule has 0 radical (unpaired) electrons. The van der Waals surface area contributed by atoms with E-state index in [1.807, 2.05) is 0 Å². The Morgan fingerprint density at radius 3 is 2.68 bits per heavy atom. The number of nitrogens with two attached hydrogens (primary N) is 1. The van der Waals surface area contributed by atoms with Gasteiger partial charge in [-0.15, -0.1) is 0 Å². The van der Waals surface area contributed by atoms with E-state index in [1.54, 1.807) is 30.4 Å². The number of nitrogens with zero attached hydrogens (tertiary/aromatic N) is 4. The highest BCUT2D eigenvalue weighted by molar-refractivity contribution is 5.94. The second-order valence-electron chi connectivity index (χ2n) is 5.01. The molecule has 0 spiro atoms. The summed E-state index contributed by atoms with van der Waals surface area (Å²) in [6.45, 7) is 4.34. The summed E-state index contributed by atoms with van der Waals surface area (Å²) in [5, 5.41) is 0. The van der Waals surface area contributed by atoms with Crippen LogP contribution in [0.25, 0.3) is 0 Å². The zero-order valence-corrected chi connectivity index (χ0v) is 11.5. The van der Waals surface area contributed by atoms with E-state index in [1.165, 1.54) is 0 Å². The largest absolute Gasteiger partial charge is 0.397 e. The smallest absolute Gasteiger partial charge is 0.240 e. The molecule has 0 atom stereocenters. The Bertz CT molecular complexity index is 442. The summed E-state index contributed by atoms with van der Waals surface area (Å²) in [7, 11) is 3.86. The third-order valence-corrected chi connectivity index (χ3v) is 3.46. The molecule has 0 aliphatic carbocycles. The number of amides is 1. The molecule has 104 valence electrons. The first-order valence-corrected chi connectivity index (χ1v) is 6.44. The van der Waals surface area contributed by atoms with E-state index in [9.17, 15) is 4.79 Å². The zero-order valence-electron chi connectivity index (χ0n) is 11.5. The van der Waals surface area contributed by atoms with Crippen LogP contribution in [0.4, 0.5) is 11.4 Å². The predicted octanol–water partition coefficient (Wildman–Crippen LogP) is -0.126. The lowest BCUT2D eigenvalue weighted by Gasteiger charge is -2.32. The van der Waals surface area contributed by atoms with Crippen LogP contribution in [0.15, 0.2) is 18.5 Å². The van der Waals surface area contributed by atoms with Crippen LogP contribution in [0, 0.1) is 0 Å². The summed E-state index contributed by atoms with van der Waals surface area (Å²) in [6, 6.07) is 1.76. The van der Waals surface area contributed by atoms with Gasteiger partial charge in [-0.25, -0.2) is 0 Å². The molecule has 0 saturated carbocycles. The number of carbonyl (C=O) groups is 1. The number of likely N-dealkylation sites (N-methyl/N-ethyl adjacent to an activating group) is 2. The maximum absolute atomic E-state index is 12.2. The fourth-order valence-electron chi connectivity index (χ4n) is 2.08. The molecule has 1 aromatic rings. The first-order valence-electron chi connectivity index (χ1n) is 6.44. The molecule has 2 heterocycles. The van der Waals surface area contributed by atoms with Gasteiger partial charge in [0.15, 0.2) is 0 Å². The molecule has 1 aliphatic heterocycles. The fraction of sp³-hybridized carbons (Fsp3) is 0.538. The van der Waals surface area contributed by atoms with Gasteiger partial charge < -0.3 is 15.5 Å². The van der Waals surface area contributed by atoms with Crippen LogP contribution in [-0.4, -0.2) is 67.5 Å². The molecule has 1 amide bonds. The van der Waals surface area contributed by atoms with Crippen LogP contribution in [0.1, 0.15) is 0 Å². The summed E-state index contributed by atoms with van der Waals surface area (Å²) in [5.74, 6) is 0.0666. The Kier molecular flexibility index (Phi) is 4.34. The Hall–Kier alpha value is -1.66. The average Bonchev–Trinajstić information content (AvgIpc) is 2.40. The van der Waals surface area contributed by atoms with Crippen LogP contribution in [-0.2, 0) is 4.79 Å². The van der Waals surface area contributed by atoms with Gasteiger partial charge in [0.2, 0.25) is 5.91 Å². The highest BCUT2D eigenvalue weighted by atomic mass is 16.2. The third kappa shape index (κ3) is 3.65. The van der Waals surface area contributed by atoms with Crippen LogP contribution >= 0.6 is 0 Å². The number of hydrogen-bond donors (Lipinski definition) is 1. The van der Waals surface area contributed by atoms with Gasteiger partial charge in [0.25, 0.3) is 0 Å². The molecule has 0 bridgehead atoms. The number of hydrogen-bond acceptors (Lipinski definition) is 5. The van der Waals surface area contributed by atoms with E-state index in [0.717, 1.165) is 31.9 Å². The number of anilines is 2. The fourth-order valence-corrected chi connectivity index (χ4v) is 2.08. The summed E-state index contributed by atoms with van der Waals surface area (Å²) in [6.07, 6.45) is 3.22. The van der Waals surface area contributed by atoms with Crippen LogP contribution in [0.2, 0.25) is 0 Å². The number of nitrogen functional groups attached to an aromatic ring is 1. The average molecular weight is 263 g/mol. The number of piperazine rings is 1. The lowest BCUT2D eigenvalue weighted by atomic mass is 10.3. The molecule has 1 aromatic heterocycles. The molecule has 6 heteroatoms. The van der Waals surface area contributed by atoms with E-state index >= 15 is 0 Å². The first-order chi connectivity index (χ1) is 9.06. The van der Waals surface area contributed by atoms with E-state index in [4.69, 9.17) is 5.73 Å². The van der Waals surface area contributed by atoms with Crippen LogP contribution in [0.3, 0.4) is 0 Å². The van der Waals surface area contributed by atoms with Gasteiger partial charge in [-0.2, -0.15) is 0 Å². The summed E-state index contributed by atoms with van der Waals surface area (Å²) < 4.78 is 0. The molecule has 1 fully saturated rings. The van der Waals surface area contributed by atoms with Crippen molar-refractivity contribution in [2.75, 3.05) is 57.5 Å². The quantitative estimate of drug-likeness (QED) is 0.823. The molecule has 2 N–H and O–H groups in total. The van der Waals surface area contributed by atoms with Crippen molar-refractivity contribution in [3.05, 3.63) is 18.5 Å². The molecule has 1 aliphatic rings. The highest BCUT2D eigenvalue weighted by Crippen LogP contribution is 2.14. The van der Waals surface area contributed by atoms with Crippen molar-refractivity contribution in [2.45, 2.75) is 0 Å². The van der Waals surface area contributed by atoms with Gasteiger partial charge in [-0.1, -0.05) is 0 Å². The number of pyridine rings is 1. The number of carbonyl (C=O) groups excluding carboxylic acids is 1. The van der Waals surface area contributed by atoms with Crippen molar-refractivity contribution < 1.29 is 4.79 Å². The Morgan fingerprint density at radius 2 is 2.05 bits per heavy atom. The minimum atomic E-state index is 0.0666. The number of rotatable bonds is 3. The molecule has 19 heavy (non-hydrogen) atoms. The van der Waals surface area contributed by atoms with E-state index in [2.05, 4.69) is 21.8 Å². The molecule has 1 saturated heterocycles. The lowest BCUT2D eigenvalue weighted by Crippen LogP contribution is -2.48. The molecule has 0 aromatic carbocycles. The zero-order chi connectivity index (χ0) is 13.8.